The first-order valence-corrected chi connectivity index (χ1v) is 8.05. The second-order valence-corrected chi connectivity index (χ2v) is 5.49. The van der Waals surface area contributed by atoms with Gasteiger partial charge in [-0.25, -0.2) is 4.79 Å². The molecule has 0 bridgehead atoms. The molecular formula is C15H21BrO4. The average Bonchev–Trinajstić information content (AvgIpc) is 2.41. The van der Waals surface area contributed by atoms with Crippen molar-refractivity contribution in [3.8, 4) is 11.5 Å². The van der Waals surface area contributed by atoms with Crippen molar-refractivity contribution in [1.29, 1.82) is 0 Å². The number of phenols is 1. The van der Waals surface area contributed by atoms with Gasteiger partial charge in [-0.1, -0.05) is 53.7 Å². The van der Waals surface area contributed by atoms with E-state index in [1.165, 1.54) is 31.7 Å². The van der Waals surface area contributed by atoms with Crippen LogP contribution in [0.1, 0.15) is 44.1 Å². The summed E-state index contributed by atoms with van der Waals surface area (Å²) in [6.07, 6.45) is 6.32. The molecule has 0 aliphatic heterocycles. The maximum absolute atomic E-state index is 10.5. The van der Waals surface area contributed by atoms with Crippen LogP contribution in [0.15, 0.2) is 18.2 Å². The smallest absolute Gasteiger partial charge is 0.504 e. The van der Waals surface area contributed by atoms with Gasteiger partial charge in [-0.05, 0) is 30.9 Å². The molecule has 0 radical (unpaired) electrons. The van der Waals surface area contributed by atoms with E-state index in [1.54, 1.807) is 12.1 Å². The van der Waals surface area contributed by atoms with E-state index in [2.05, 4.69) is 20.7 Å². The fraction of sp³-hybridized carbons (Fsp3) is 0.533. The van der Waals surface area contributed by atoms with Crippen molar-refractivity contribution < 1.29 is 19.7 Å². The number of benzene rings is 1. The molecule has 5 heteroatoms. The van der Waals surface area contributed by atoms with Gasteiger partial charge in [0.05, 0.1) is 0 Å². The minimum absolute atomic E-state index is 0.00678. The van der Waals surface area contributed by atoms with E-state index in [4.69, 9.17) is 5.11 Å². The molecule has 0 aliphatic rings. The van der Waals surface area contributed by atoms with E-state index in [9.17, 15) is 9.90 Å². The molecule has 112 valence electrons. The minimum Gasteiger partial charge on any atom is -0.504 e. The number of alkyl halides is 1. The van der Waals surface area contributed by atoms with Crippen LogP contribution < -0.4 is 4.74 Å². The lowest BCUT2D eigenvalue weighted by atomic mass is 10.0. The molecule has 0 aromatic heterocycles. The highest BCUT2D eigenvalue weighted by Crippen LogP contribution is 2.31. The van der Waals surface area contributed by atoms with Gasteiger partial charge in [0.25, 0.3) is 0 Å². The Kier molecular flexibility index (Phi) is 8.11. The van der Waals surface area contributed by atoms with E-state index in [0.29, 0.717) is 0 Å². The topological polar surface area (TPSA) is 66.8 Å². The number of para-hydroxylation sites is 1. The monoisotopic (exact) mass is 344 g/mol. The third-order valence-electron chi connectivity index (χ3n) is 3.11. The fourth-order valence-corrected chi connectivity index (χ4v) is 2.46. The van der Waals surface area contributed by atoms with Gasteiger partial charge in [0.1, 0.15) is 0 Å². The van der Waals surface area contributed by atoms with E-state index in [1.807, 2.05) is 0 Å². The molecule has 0 amide bonds. The van der Waals surface area contributed by atoms with Crippen LogP contribution in [0.4, 0.5) is 4.79 Å². The number of aromatic hydroxyl groups is 1. The van der Waals surface area contributed by atoms with Gasteiger partial charge in [-0.2, -0.15) is 0 Å². The summed E-state index contributed by atoms with van der Waals surface area (Å²) in [5.74, 6) is -0.0542. The van der Waals surface area contributed by atoms with Crippen LogP contribution in [-0.4, -0.2) is 21.7 Å². The summed E-state index contributed by atoms with van der Waals surface area (Å²) in [6, 6.07) is 4.95. The van der Waals surface area contributed by atoms with Gasteiger partial charge >= 0.3 is 6.16 Å². The summed E-state index contributed by atoms with van der Waals surface area (Å²) in [7, 11) is 0. The number of hydrogen-bond acceptors (Lipinski definition) is 3. The summed E-state index contributed by atoms with van der Waals surface area (Å²) in [5, 5.41) is 19.5. The Morgan fingerprint density at radius 2 is 1.75 bits per heavy atom. The second kappa shape index (κ2) is 9.64. The quantitative estimate of drug-likeness (QED) is 0.294. The van der Waals surface area contributed by atoms with Crippen molar-refractivity contribution in [2.75, 3.05) is 5.33 Å². The van der Waals surface area contributed by atoms with Crippen molar-refractivity contribution in [3.63, 3.8) is 0 Å². The second-order valence-electron chi connectivity index (χ2n) is 4.69. The Bertz CT molecular complexity index is 420. The standard InChI is InChI=1S/C15H21BrO4/c16-11-6-4-2-1-3-5-8-12-9-7-10-13(14(12)17)20-15(18)19/h7,9-10,17H,1-6,8,11H2,(H,18,19). The molecule has 0 saturated carbocycles. The number of hydrogen-bond donors (Lipinski definition) is 2. The van der Waals surface area contributed by atoms with Gasteiger partial charge in [-0.3, -0.25) is 0 Å². The molecule has 1 aromatic carbocycles. The largest absolute Gasteiger partial charge is 0.511 e. The van der Waals surface area contributed by atoms with Crippen molar-refractivity contribution in [3.05, 3.63) is 23.8 Å². The number of halogens is 1. The molecule has 4 nitrogen and oxygen atoms in total. The van der Waals surface area contributed by atoms with Crippen LogP contribution in [0.25, 0.3) is 0 Å². The Labute approximate surface area is 127 Å². The number of carboxylic acid groups (broad SMARTS) is 1. The molecule has 0 heterocycles. The third kappa shape index (κ3) is 6.28. The third-order valence-corrected chi connectivity index (χ3v) is 3.67. The molecule has 0 aliphatic carbocycles. The lowest BCUT2D eigenvalue weighted by Crippen LogP contribution is -2.03. The Morgan fingerprint density at radius 3 is 2.40 bits per heavy atom. The maximum Gasteiger partial charge on any atom is 0.511 e. The predicted octanol–water partition coefficient (Wildman–Crippen LogP) is 4.73. The van der Waals surface area contributed by atoms with Crippen molar-refractivity contribution in [2.24, 2.45) is 0 Å². The van der Waals surface area contributed by atoms with Crippen LogP contribution >= 0.6 is 15.9 Å². The summed E-state index contributed by atoms with van der Waals surface area (Å²) < 4.78 is 4.52. The van der Waals surface area contributed by atoms with E-state index >= 15 is 0 Å². The Morgan fingerprint density at radius 1 is 1.10 bits per heavy atom. The van der Waals surface area contributed by atoms with Gasteiger partial charge in [0, 0.05) is 5.33 Å². The zero-order valence-electron chi connectivity index (χ0n) is 11.5. The molecule has 2 N–H and O–H groups in total. The minimum atomic E-state index is -1.41. The van der Waals surface area contributed by atoms with Crippen LogP contribution in [0.5, 0.6) is 11.5 Å². The molecule has 20 heavy (non-hydrogen) atoms. The molecule has 1 rings (SSSR count). The number of rotatable bonds is 9. The number of aryl methyl sites for hydroxylation is 1. The zero-order valence-corrected chi connectivity index (χ0v) is 13.1. The highest BCUT2D eigenvalue weighted by atomic mass is 79.9. The van der Waals surface area contributed by atoms with Crippen molar-refractivity contribution in [1.82, 2.24) is 0 Å². The van der Waals surface area contributed by atoms with E-state index in [-0.39, 0.29) is 11.5 Å². The highest BCUT2D eigenvalue weighted by Gasteiger charge is 2.10. The zero-order chi connectivity index (χ0) is 14.8. The van der Waals surface area contributed by atoms with Gasteiger partial charge in [0.15, 0.2) is 11.5 Å². The Hall–Kier alpha value is -1.23. The molecule has 0 spiro atoms. The lowest BCUT2D eigenvalue weighted by molar-refractivity contribution is 0.143. The molecular weight excluding hydrogens is 324 g/mol. The number of ether oxygens (including phenoxy) is 1. The van der Waals surface area contributed by atoms with Crippen molar-refractivity contribution in [2.45, 2.75) is 44.9 Å². The number of unbranched alkanes of at least 4 members (excludes halogenated alkanes) is 5. The van der Waals surface area contributed by atoms with Crippen LogP contribution in [0.2, 0.25) is 0 Å². The van der Waals surface area contributed by atoms with Crippen LogP contribution in [-0.2, 0) is 6.42 Å². The first-order valence-electron chi connectivity index (χ1n) is 6.92. The van der Waals surface area contributed by atoms with Crippen LogP contribution in [0.3, 0.4) is 0 Å². The maximum atomic E-state index is 10.5. The fourth-order valence-electron chi connectivity index (χ4n) is 2.06. The summed E-state index contributed by atoms with van der Waals surface area (Å²) in [5.41, 5.74) is 0.740. The van der Waals surface area contributed by atoms with Crippen molar-refractivity contribution >= 4 is 22.1 Å². The van der Waals surface area contributed by atoms with Gasteiger partial charge in [-0.15, -0.1) is 0 Å². The van der Waals surface area contributed by atoms with E-state index < -0.39 is 6.16 Å². The lowest BCUT2D eigenvalue weighted by Gasteiger charge is -2.08. The Balaban J connectivity index is 2.35. The summed E-state index contributed by atoms with van der Waals surface area (Å²) >= 11 is 3.41. The molecule has 0 atom stereocenters. The molecule has 0 saturated heterocycles. The highest BCUT2D eigenvalue weighted by molar-refractivity contribution is 9.09. The average molecular weight is 345 g/mol. The first kappa shape index (κ1) is 16.8. The van der Waals surface area contributed by atoms with Gasteiger partial charge in [0.2, 0.25) is 0 Å². The summed E-state index contributed by atoms with van der Waals surface area (Å²) in [6.45, 7) is 0. The first-order chi connectivity index (χ1) is 9.65. The number of carbonyl (C=O) groups is 1. The predicted molar refractivity (Wildman–Crippen MR) is 82.0 cm³/mol. The molecule has 0 fully saturated rings. The number of phenolic OH excluding ortho intramolecular Hbond substituents is 1. The van der Waals surface area contributed by atoms with E-state index in [0.717, 1.165) is 30.2 Å². The molecule has 0 unspecified atom stereocenters. The normalized spacial score (nSPS) is 10.4. The SMILES string of the molecule is O=C(O)Oc1cccc(CCCCCCCCBr)c1O. The van der Waals surface area contributed by atoms with Gasteiger partial charge < -0.3 is 14.9 Å². The van der Waals surface area contributed by atoms with Crippen LogP contribution in [0, 0.1) is 0 Å². The summed E-state index contributed by atoms with van der Waals surface area (Å²) in [4.78, 5) is 10.5. The molecule has 1 aromatic rings.